The standard InChI is InChI=1S/C9H14O4/c1-4-13-9(12)8(11)5-7(10)6(2)3/h5-6,11H,4H2,1-3H3/b8-5+. The van der Waals surface area contributed by atoms with Crippen LogP contribution in [0.2, 0.25) is 0 Å². The molecule has 0 saturated heterocycles. The van der Waals surface area contributed by atoms with Gasteiger partial charge in [0.25, 0.3) is 0 Å². The molecule has 1 N–H and O–H groups in total. The first kappa shape index (κ1) is 11.7. The van der Waals surface area contributed by atoms with E-state index in [4.69, 9.17) is 5.11 Å². The molecule has 0 unspecified atom stereocenters. The molecule has 0 heterocycles. The molecule has 0 rings (SSSR count). The van der Waals surface area contributed by atoms with Crippen molar-refractivity contribution >= 4 is 11.8 Å². The number of allylic oxidation sites excluding steroid dienone is 1. The van der Waals surface area contributed by atoms with Crippen LogP contribution in [0.25, 0.3) is 0 Å². The van der Waals surface area contributed by atoms with E-state index in [1.54, 1.807) is 20.8 Å². The van der Waals surface area contributed by atoms with E-state index in [0.29, 0.717) is 0 Å². The minimum absolute atomic E-state index is 0.173. The molecular weight excluding hydrogens is 172 g/mol. The number of aliphatic hydroxyl groups is 1. The molecule has 0 saturated carbocycles. The predicted molar refractivity (Wildman–Crippen MR) is 47.2 cm³/mol. The maximum absolute atomic E-state index is 11.0. The van der Waals surface area contributed by atoms with Crippen molar-refractivity contribution in [2.45, 2.75) is 20.8 Å². The first-order valence-corrected chi connectivity index (χ1v) is 4.10. The van der Waals surface area contributed by atoms with E-state index in [0.717, 1.165) is 6.08 Å². The first-order chi connectivity index (χ1) is 5.99. The van der Waals surface area contributed by atoms with Gasteiger partial charge in [-0.15, -0.1) is 0 Å². The average molecular weight is 186 g/mol. The molecule has 0 bridgehead atoms. The lowest BCUT2D eigenvalue weighted by molar-refractivity contribution is -0.141. The number of carbonyl (C=O) groups is 2. The van der Waals surface area contributed by atoms with Gasteiger partial charge in [0, 0.05) is 12.0 Å². The van der Waals surface area contributed by atoms with E-state index in [2.05, 4.69) is 4.74 Å². The van der Waals surface area contributed by atoms with Crippen LogP contribution in [-0.4, -0.2) is 23.5 Å². The molecule has 0 spiro atoms. The number of aliphatic hydroxyl groups excluding tert-OH is 1. The molecule has 4 nitrogen and oxygen atoms in total. The zero-order chi connectivity index (χ0) is 10.4. The molecule has 0 aliphatic carbocycles. The van der Waals surface area contributed by atoms with Gasteiger partial charge in [0.1, 0.15) is 0 Å². The van der Waals surface area contributed by atoms with Crippen LogP contribution in [0.15, 0.2) is 11.8 Å². The number of hydrogen-bond acceptors (Lipinski definition) is 4. The Hall–Kier alpha value is -1.32. The normalized spacial score (nSPS) is 11.5. The van der Waals surface area contributed by atoms with Crippen LogP contribution in [-0.2, 0) is 14.3 Å². The van der Waals surface area contributed by atoms with Gasteiger partial charge in [-0.25, -0.2) is 4.79 Å². The summed E-state index contributed by atoms with van der Waals surface area (Å²) in [6.45, 7) is 5.15. The van der Waals surface area contributed by atoms with Crippen molar-refractivity contribution in [3.63, 3.8) is 0 Å². The lowest BCUT2D eigenvalue weighted by Gasteiger charge is -2.01. The van der Waals surface area contributed by atoms with Gasteiger partial charge in [-0.05, 0) is 6.92 Å². The molecule has 0 aromatic rings. The number of ether oxygens (including phenoxy) is 1. The quantitative estimate of drug-likeness (QED) is 0.407. The van der Waals surface area contributed by atoms with Gasteiger partial charge in [-0.2, -0.15) is 0 Å². The highest BCUT2D eigenvalue weighted by atomic mass is 16.5. The lowest BCUT2D eigenvalue weighted by Crippen LogP contribution is -2.11. The van der Waals surface area contributed by atoms with E-state index in [9.17, 15) is 9.59 Å². The largest absolute Gasteiger partial charge is 0.502 e. The summed E-state index contributed by atoms with van der Waals surface area (Å²) in [6.07, 6.45) is 0.892. The number of hydrogen-bond donors (Lipinski definition) is 1. The van der Waals surface area contributed by atoms with E-state index in [-0.39, 0.29) is 18.3 Å². The second-order valence-corrected chi connectivity index (χ2v) is 2.81. The zero-order valence-electron chi connectivity index (χ0n) is 8.03. The molecule has 0 fully saturated rings. The summed E-state index contributed by atoms with van der Waals surface area (Å²) in [5.41, 5.74) is 0. The fourth-order valence-electron chi connectivity index (χ4n) is 0.565. The SMILES string of the molecule is CCOC(=O)/C(O)=C\C(=O)C(C)C. The predicted octanol–water partition coefficient (Wildman–Crippen LogP) is 1.22. The lowest BCUT2D eigenvalue weighted by atomic mass is 10.1. The third-order valence-electron chi connectivity index (χ3n) is 1.33. The van der Waals surface area contributed by atoms with Gasteiger partial charge in [0.05, 0.1) is 6.61 Å². The van der Waals surface area contributed by atoms with Crippen LogP contribution in [0.1, 0.15) is 20.8 Å². The highest BCUT2D eigenvalue weighted by Gasteiger charge is 2.12. The van der Waals surface area contributed by atoms with Gasteiger partial charge >= 0.3 is 5.97 Å². The van der Waals surface area contributed by atoms with Crippen molar-refractivity contribution in [3.05, 3.63) is 11.8 Å². The summed E-state index contributed by atoms with van der Waals surface area (Å²) in [5.74, 6) is -2.04. The molecule has 0 aliphatic rings. The van der Waals surface area contributed by atoms with Crippen molar-refractivity contribution in [2.24, 2.45) is 5.92 Å². The summed E-state index contributed by atoms with van der Waals surface area (Å²) < 4.78 is 4.47. The zero-order valence-corrected chi connectivity index (χ0v) is 8.03. The maximum Gasteiger partial charge on any atom is 0.373 e. The van der Waals surface area contributed by atoms with Crippen LogP contribution in [0.3, 0.4) is 0 Å². The monoisotopic (exact) mass is 186 g/mol. The van der Waals surface area contributed by atoms with E-state index < -0.39 is 11.7 Å². The molecule has 0 amide bonds. The molecule has 0 radical (unpaired) electrons. The third kappa shape index (κ3) is 4.30. The van der Waals surface area contributed by atoms with Gasteiger partial charge in [-0.3, -0.25) is 4.79 Å². The Morgan fingerprint density at radius 2 is 2.00 bits per heavy atom. The molecule has 0 aromatic carbocycles. The number of ketones is 1. The van der Waals surface area contributed by atoms with E-state index >= 15 is 0 Å². The second kappa shape index (κ2) is 5.35. The fourth-order valence-corrected chi connectivity index (χ4v) is 0.565. The summed E-state index contributed by atoms with van der Waals surface area (Å²) in [4.78, 5) is 21.8. The second-order valence-electron chi connectivity index (χ2n) is 2.81. The Bertz CT molecular complexity index is 228. The minimum Gasteiger partial charge on any atom is -0.502 e. The summed E-state index contributed by atoms with van der Waals surface area (Å²) in [7, 11) is 0. The number of rotatable bonds is 4. The van der Waals surface area contributed by atoms with Crippen molar-refractivity contribution in [3.8, 4) is 0 Å². The average Bonchev–Trinajstić information content (AvgIpc) is 2.04. The van der Waals surface area contributed by atoms with E-state index in [1.807, 2.05) is 0 Å². The van der Waals surface area contributed by atoms with Gasteiger partial charge in [0.15, 0.2) is 5.78 Å². The number of carbonyl (C=O) groups excluding carboxylic acids is 2. The van der Waals surface area contributed by atoms with Crippen molar-refractivity contribution in [2.75, 3.05) is 6.61 Å². The van der Waals surface area contributed by atoms with Crippen LogP contribution < -0.4 is 0 Å². The maximum atomic E-state index is 11.0. The van der Waals surface area contributed by atoms with Crippen molar-refractivity contribution < 1.29 is 19.4 Å². The van der Waals surface area contributed by atoms with Crippen LogP contribution in [0.5, 0.6) is 0 Å². The molecule has 0 atom stereocenters. The smallest absolute Gasteiger partial charge is 0.373 e. The molecule has 4 heteroatoms. The minimum atomic E-state index is -0.864. The molecule has 0 aliphatic heterocycles. The topological polar surface area (TPSA) is 63.6 Å². The fraction of sp³-hybridized carbons (Fsp3) is 0.556. The third-order valence-corrected chi connectivity index (χ3v) is 1.33. The Balaban J connectivity index is 4.31. The molecule has 0 aromatic heterocycles. The first-order valence-electron chi connectivity index (χ1n) is 4.10. The van der Waals surface area contributed by atoms with Crippen LogP contribution in [0.4, 0.5) is 0 Å². The van der Waals surface area contributed by atoms with E-state index in [1.165, 1.54) is 0 Å². The Labute approximate surface area is 77.2 Å². The molecule has 13 heavy (non-hydrogen) atoms. The molecular formula is C9H14O4. The summed E-state index contributed by atoms with van der Waals surface area (Å²) >= 11 is 0. The van der Waals surface area contributed by atoms with Crippen molar-refractivity contribution in [1.29, 1.82) is 0 Å². The van der Waals surface area contributed by atoms with Crippen LogP contribution in [0, 0.1) is 5.92 Å². The summed E-state index contributed by atoms with van der Waals surface area (Å²) in [6, 6.07) is 0. The van der Waals surface area contributed by atoms with Gasteiger partial charge < -0.3 is 9.84 Å². The van der Waals surface area contributed by atoms with Crippen LogP contribution >= 0.6 is 0 Å². The highest BCUT2D eigenvalue weighted by molar-refractivity contribution is 5.98. The highest BCUT2D eigenvalue weighted by Crippen LogP contribution is 2.00. The number of esters is 1. The Kier molecular flexibility index (Phi) is 4.80. The Morgan fingerprint density at radius 1 is 1.46 bits per heavy atom. The van der Waals surface area contributed by atoms with Crippen molar-refractivity contribution in [1.82, 2.24) is 0 Å². The Morgan fingerprint density at radius 3 is 2.38 bits per heavy atom. The van der Waals surface area contributed by atoms with Gasteiger partial charge in [0.2, 0.25) is 5.76 Å². The molecule has 74 valence electrons. The van der Waals surface area contributed by atoms with Gasteiger partial charge in [-0.1, -0.05) is 13.8 Å². The summed E-state index contributed by atoms with van der Waals surface area (Å²) in [5, 5.41) is 9.03.